The summed E-state index contributed by atoms with van der Waals surface area (Å²) in [6.45, 7) is 0. The first-order chi connectivity index (χ1) is 10.0. The van der Waals surface area contributed by atoms with Gasteiger partial charge < -0.3 is 9.84 Å². The highest BCUT2D eigenvalue weighted by Gasteiger charge is 2.23. The van der Waals surface area contributed by atoms with E-state index in [-0.39, 0.29) is 11.3 Å². The predicted molar refractivity (Wildman–Crippen MR) is 73.6 cm³/mol. The summed E-state index contributed by atoms with van der Waals surface area (Å²) in [4.78, 5) is 11.3. The number of carbonyl (C=O) groups is 1. The van der Waals surface area contributed by atoms with Crippen LogP contribution in [0.25, 0.3) is 0 Å². The van der Waals surface area contributed by atoms with E-state index < -0.39 is 17.9 Å². The minimum absolute atomic E-state index is 0.125. The van der Waals surface area contributed by atoms with Gasteiger partial charge in [-0.15, -0.1) is 0 Å². The van der Waals surface area contributed by atoms with E-state index in [1.54, 1.807) is 6.07 Å². The Hall–Kier alpha value is -2.58. The van der Waals surface area contributed by atoms with Crippen LogP contribution in [0.1, 0.15) is 17.2 Å². The highest BCUT2D eigenvalue weighted by Crippen LogP contribution is 2.27. The van der Waals surface area contributed by atoms with Gasteiger partial charge in [0.2, 0.25) is 6.10 Å². The zero-order valence-corrected chi connectivity index (χ0v) is 11.3. The average molecular weight is 306 g/mol. The Kier molecular flexibility index (Phi) is 4.41. The summed E-state index contributed by atoms with van der Waals surface area (Å²) in [7, 11) is 0. The van der Waals surface area contributed by atoms with E-state index in [9.17, 15) is 14.3 Å². The van der Waals surface area contributed by atoms with Crippen LogP contribution in [-0.2, 0) is 4.79 Å². The van der Waals surface area contributed by atoms with E-state index in [0.29, 0.717) is 10.6 Å². The van der Waals surface area contributed by atoms with Crippen molar-refractivity contribution in [2.24, 2.45) is 0 Å². The highest BCUT2D eigenvalue weighted by molar-refractivity contribution is 6.30. The van der Waals surface area contributed by atoms with Crippen LogP contribution in [-0.4, -0.2) is 11.1 Å². The Bertz CT molecular complexity index is 710. The molecule has 0 spiro atoms. The van der Waals surface area contributed by atoms with Crippen LogP contribution in [0.15, 0.2) is 42.5 Å². The maximum atomic E-state index is 13.5. The highest BCUT2D eigenvalue weighted by atomic mass is 35.5. The summed E-state index contributed by atoms with van der Waals surface area (Å²) in [5.74, 6) is -2.15. The molecule has 1 unspecified atom stereocenters. The summed E-state index contributed by atoms with van der Waals surface area (Å²) < 4.78 is 18.8. The summed E-state index contributed by atoms with van der Waals surface area (Å²) >= 11 is 5.74. The van der Waals surface area contributed by atoms with Gasteiger partial charge in [0, 0.05) is 10.6 Å². The van der Waals surface area contributed by atoms with Gasteiger partial charge in [-0.3, -0.25) is 0 Å². The molecule has 106 valence electrons. The molecule has 2 rings (SSSR count). The molecule has 21 heavy (non-hydrogen) atoms. The Morgan fingerprint density at radius 3 is 2.52 bits per heavy atom. The number of rotatable bonds is 4. The number of halogens is 2. The molecule has 2 aromatic rings. The molecule has 0 saturated heterocycles. The third-order valence-corrected chi connectivity index (χ3v) is 2.98. The number of aliphatic carboxylic acids is 1. The first-order valence-corrected chi connectivity index (χ1v) is 6.24. The minimum atomic E-state index is -1.36. The number of hydrogen-bond acceptors (Lipinski definition) is 3. The summed E-state index contributed by atoms with van der Waals surface area (Å²) in [5.41, 5.74) is -0.00207. The molecular weight excluding hydrogens is 297 g/mol. The molecule has 4 nitrogen and oxygen atoms in total. The number of nitrogens with zero attached hydrogens (tertiary/aromatic N) is 1. The van der Waals surface area contributed by atoms with E-state index in [4.69, 9.17) is 21.6 Å². The minimum Gasteiger partial charge on any atom is -0.478 e. The smallest absolute Gasteiger partial charge is 0.349 e. The molecule has 2 aromatic carbocycles. The van der Waals surface area contributed by atoms with E-state index >= 15 is 0 Å². The molecule has 0 fully saturated rings. The van der Waals surface area contributed by atoms with Crippen LogP contribution in [0.4, 0.5) is 4.39 Å². The van der Waals surface area contributed by atoms with Crippen LogP contribution in [0.2, 0.25) is 5.02 Å². The Morgan fingerprint density at radius 1 is 1.29 bits per heavy atom. The van der Waals surface area contributed by atoms with Gasteiger partial charge in [-0.05, 0) is 24.3 Å². The molecule has 0 bridgehead atoms. The predicted octanol–water partition coefficient (Wildman–Crippen LogP) is 3.56. The number of hydrogen-bond donors (Lipinski definition) is 1. The Morgan fingerprint density at radius 2 is 1.95 bits per heavy atom. The standard InChI is InChI=1S/C15H9ClFNO3/c16-10-6-4-9(5-7-10)14(15(19)20)21-13-3-1-2-12(17)11(13)8-18/h1-7,14H,(H,19,20). The first kappa shape index (κ1) is 14.8. The molecular formula is C15H9ClFNO3. The maximum absolute atomic E-state index is 13.5. The van der Waals surface area contributed by atoms with Gasteiger partial charge in [0.1, 0.15) is 23.2 Å². The van der Waals surface area contributed by atoms with E-state index in [2.05, 4.69) is 0 Å². The topological polar surface area (TPSA) is 70.3 Å². The SMILES string of the molecule is N#Cc1c(F)cccc1OC(C(=O)O)c1ccc(Cl)cc1. The molecule has 0 aromatic heterocycles. The van der Waals surface area contributed by atoms with Crippen LogP contribution in [0.5, 0.6) is 5.75 Å². The first-order valence-electron chi connectivity index (χ1n) is 5.86. The molecule has 0 radical (unpaired) electrons. The Balaban J connectivity index is 2.38. The van der Waals surface area contributed by atoms with Crippen LogP contribution < -0.4 is 4.74 Å². The average Bonchev–Trinajstić information content (AvgIpc) is 2.45. The van der Waals surface area contributed by atoms with Crippen LogP contribution in [0, 0.1) is 17.1 Å². The second kappa shape index (κ2) is 6.25. The monoisotopic (exact) mass is 305 g/mol. The fourth-order valence-corrected chi connectivity index (χ4v) is 1.86. The quantitative estimate of drug-likeness (QED) is 0.937. The van der Waals surface area contributed by atoms with Crippen molar-refractivity contribution in [1.29, 1.82) is 5.26 Å². The molecule has 1 N–H and O–H groups in total. The van der Waals surface area contributed by atoms with Crippen molar-refractivity contribution in [2.45, 2.75) is 6.10 Å². The second-order valence-electron chi connectivity index (χ2n) is 4.11. The van der Waals surface area contributed by atoms with Crippen molar-refractivity contribution in [3.63, 3.8) is 0 Å². The van der Waals surface area contributed by atoms with Crippen molar-refractivity contribution in [3.05, 3.63) is 64.4 Å². The molecule has 0 saturated carbocycles. The molecule has 0 aliphatic rings. The lowest BCUT2D eigenvalue weighted by molar-refractivity contribution is -0.145. The molecule has 0 heterocycles. The third kappa shape index (κ3) is 3.30. The van der Waals surface area contributed by atoms with Gasteiger partial charge in [0.25, 0.3) is 0 Å². The fraction of sp³-hybridized carbons (Fsp3) is 0.0667. The van der Waals surface area contributed by atoms with Crippen molar-refractivity contribution in [2.75, 3.05) is 0 Å². The number of carboxylic acid groups (broad SMARTS) is 1. The summed E-state index contributed by atoms with van der Waals surface area (Å²) in [6.07, 6.45) is -1.36. The number of nitriles is 1. The summed E-state index contributed by atoms with van der Waals surface area (Å²) in [5, 5.41) is 18.6. The van der Waals surface area contributed by atoms with E-state index in [1.165, 1.54) is 36.4 Å². The number of benzene rings is 2. The van der Waals surface area contributed by atoms with Gasteiger partial charge in [-0.25, -0.2) is 9.18 Å². The molecule has 0 aliphatic heterocycles. The normalized spacial score (nSPS) is 11.5. The van der Waals surface area contributed by atoms with Gasteiger partial charge in [-0.2, -0.15) is 5.26 Å². The van der Waals surface area contributed by atoms with Gasteiger partial charge >= 0.3 is 5.97 Å². The van der Waals surface area contributed by atoms with Crippen molar-refractivity contribution in [1.82, 2.24) is 0 Å². The lowest BCUT2D eigenvalue weighted by Gasteiger charge is -2.16. The maximum Gasteiger partial charge on any atom is 0.349 e. The third-order valence-electron chi connectivity index (χ3n) is 2.73. The van der Waals surface area contributed by atoms with Crippen LogP contribution >= 0.6 is 11.6 Å². The second-order valence-corrected chi connectivity index (χ2v) is 4.55. The Labute approximate surface area is 125 Å². The largest absolute Gasteiger partial charge is 0.478 e. The lowest BCUT2D eigenvalue weighted by atomic mass is 10.1. The molecule has 0 amide bonds. The lowest BCUT2D eigenvalue weighted by Crippen LogP contribution is -2.18. The van der Waals surface area contributed by atoms with Crippen LogP contribution in [0.3, 0.4) is 0 Å². The van der Waals surface area contributed by atoms with E-state index in [1.807, 2.05) is 0 Å². The molecule has 1 atom stereocenters. The molecule has 0 aliphatic carbocycles. The zero-order chi connectivity index (χ0) is 15.4. The van der Waals surface area contributed by atoms with Crippen molar-refractivity contribution < 1.29 is 19.0 Å². The fourth-order valence-electron chi connectivity index (χ4n) is 1.74. The van der Waals surface area contributed by atoms with Gasteiger partial charge in [0.05, 0.1) is 0 Å². The number of ether oxygens (including phenoxy) is 1. The number of carboxylic acids is 1. The van der Waals surface area contributed by atoms with Crippen molar-refractivity contribution >= 4 is 17.6 Å². The summed E-state index contributed by atoms with van der Waals surface area (Å²) in [6, 6.07) is 11.5. The van der Waals surface area contributed by atoms with Gasteiger partial charge in [-0.1, -0.05) is 29.8 Å². The van der Waals surface area contributed by atoms with Gasteiger partial charge in [0.15, 0.2) is 0 Å². The van der Waals surface area contributed by atoms with Crippen molar-refractivity contribution in [3.8, 4) is 11.8 Å². The zero-order valence-electron chi connectivity index (χ0n) is 10.6. The molecule has 6 heteroatoms. The van der Waals surface area contributed by atoms with E-state index in [0.717, 1.165) is 6.07 Å².